The molecule has 2 aromatic rings. The van der Waals surface area contributed by atoms with E-state index in [1.165, 1.54) is 6.07 Å². The fraction of sp³-hybridized carbons (Fsp3) is 0. The van der Waals surface area contributed by atoms with Crippen molar-refractivity contribution in [2.24, 2.45) is 0 Å². The highest BCUT2D eigenvalue weighted by Crippen LogP contribution is 2.21. The summed E-state index contributed by atoms with van der Waals surface area (Å²) in [6, 6.07) is 14.0. The second-order valence-electron chi connectivity index (χ2n) is 3.78. The molecular formula is C14H12N2O2. The highest BCUT2D eigenvalue weighted by Gasteiger charge is 2.09. The van der Waals surface area contributed by atoms with Gasteiger partial charge in [-0.25, -0.2) is 0 Å². The van der Waals surface area contributed by atoms with Gasteiger partial charge in [-0.2, -0.15) is 0 Å². The van der Waals surface area contributed by atoms with Crippen molar-refractivity contribution in [1.29, 1.82) is 0 Å². The molecule has 0 aliphatic carbocycles. The number of rotatable bonds is 3. The first kappa shape index (κ1) is 11.9. The van der Waals surface area contributed by atoms with Gasteiger partial charge in [-0.05, 0) is 23.8 Å². The number of benzene rings is 2. The molecule has 0 fully saturated rings. The lowest BCUT2D eigenvalue weighted by Gasteiger charge is -1.99. The van der Waals surface area contributed by atoms with Gasteiger partial charge in [-0.3, -0.25) is 10.1 Å². The molecule has 0 aliphatic rings. The number of para-hydroxylation sites is 2. The number of hydrogen-bond acceptors (Lipinski definition) is 3. The predicted octanol–water partition coefficient (Wildman–Crippen LogP) is 3.35. The van der Waals surface area contributed by atoms with Crippen molar-refractivity contribution >= 4 is 23.5 Å². The summed E-state index contributed by atoms with van der Waals surface area (Å²) in [5.41, 5.74) is 7.93. The third-order valence-corrected chi connectivity index (χ3v) is 2.57. The Morgan fingerprint density at radius 2 is 1.50 bits per heavy atom. The second-order valence-corrected chi connectivity index (χ2v) is 3.78. The van der Waals surface area contributed by atoms with Crippen LogP contribution in [-0.2, 0) is 0 Å². The number of nitro groups is 1. The Kier molecular flexibility index (Phi) is 3.38. The molecule has 0 radical (unpaired) electrons. The highest BCUT2D eigenvalue weighted by atomic mass is 16.6. The third kappa shape index (κ3) is 2.55. The topological polar surface area (TPSA) is 69.2 Å². The zero-order valence-corrected chi connectivity index (χ0v) is 9.61. The fourth-order valence-corrected chi connectivity index (χ4v) is 1.64. The first-order valence-corrected chi connectivity index (χ1v) is 5.44. The Balaban J connectivity index is 2.35. The molecule has 2 rings (SSSR count). The van der Waals surface area contributed by atoms with Crippen LogP contribution in [0, 0.1) is 10.1 Å². The van der Waals surface area contributed by atoms with Crippen molar-refractivity contribution in [3.63, 3.8) is 0 Å². The van der Waals surface area contributed by atoms with Crippen LogP contribution in [0.2, 0.25) is 0 Å². The molecule has 18 heavy (non-hydrogen) atoms. The van der Waals surface area contributed by atoms with E-state index < -0.39 is 4.92 Å². The maximum atomic E-state index is 10.8. The quantitative estimate of drug-likeness (QED) is 0.387. The number of anilines is 1. The lowest BCUT2D eigenvalue weighted by atomic mass is 10.1. The number of nitrogen functional groups attached to an aromatic ring is 1. The average molecular weight is 240 g/mol. The summed E-state index contributed by atoms with van der Waals surface area (Å²) in [6.07, 6.45) is 3.47. The molecule has 0 amide bonds. The highest BCUT2D eigenvalue weighted by molar-refractivity contribution is 5.78. The van der Waals surface area contributed by atoms with Crippen LogP contribution in [-0.4, -0.2) is 4.92 Å². The van der Waals surface area contributed by atoms with Crippen molar-refractivity contribution in [1.82, 2.24) is 0 Å². The molecule has 0 spiro atoms. The third-order valence-electron chi connectivity index (χ3n) is 2.57. The molecule has 0 bridgehead atoms. The number of nitro benzene ring substituents is 1. The molecule has 2 aromatic carbocycles. The molecule has 0 saturated heterocycles. The molecular weight excluding hydrogens is 228 g/mol. The first-order chi connectivity index (χ1) is 8.68. The van der Waals surface area contributed by atoms with Crippen LogP contribution in [0.5, 0.6) is 0 Å². The van der Waals surface area contributed by atoms with E-state index in [0.29, 0.717) is 11.3 Å². The van der Waals surface area contributed by atoms with Crippen molar-refractivity contribution in [2.45, 2.75) is 0 Å². The SMILES string of the molecule is Nc1ccccc1/C=C\c1ccccc1[N+](=O)[O-]. The zero-order valence-electron chi connectivity index (χ0n) is 9.61. The minimum Gasteiger partial charge on any atom is -0.398 e. The summed E-state index contributed by atoms with van der Waals surface area (Å²) in [5, 5.41) is 10.8. The van der Waals surface area contributed by atoms with Crippen molar-refractivity contribution in [3.8, 4) is 0 Å². The van der Waals surface area contributed by atoms with E-state index in [1.807, 2.05) is 18.2 Å². The number of nitrogens with two attached hydrogens (primary N) is 1. The fourth-order valence-electron chi connectivity index (χ4n) is 1.64. The van der Waals surface area contributed by atoms with Gasteiger partial charge in [0.2, 0.25) is 0 Å². The van der Waals surface area contributed by atoms with Crippen LogP contribution < -0.4 is 5.73 Å². The lowest BCUT2D eigenvalue weighted by Crippen LogP contribution is -1.91. The molecule has 0 atom stereocenters. The smallest absolute Gasteiger partial charge is 0.276 e. The molecule has 90 valence electrons. The molecule has 0 aromatic heterocycles. The molecule has 0 unspecified atom stereocenters. The molecule has 4 nitrogen and oxygen atoms in total. The number of hydrogen-bond donors (Lipinski definition) is 1. The van der Waals surface area contributed by atoms with Gasteiger partial charge in [0.05, 0.1) is 10.5 Å². The van der Waals surface area contributed by atoms with Gasteiger partial charge in [0.1, 0.15) is 0 Å². The minimum absolute atomic E-state index is 0.0863. The summed E-state index contributed by atoms with van der Waals surface area (Å²) in [4.78, 5) is 10.5. The van der Waals surface area contributed by atoms with E-state index in [-0.39, 0.29) is 5.69 Å². The largest absolute Gasteiger partial charge is 0.398 e. The van der Waals surface area contributed by atoms with Crippen LogP contribution >= 0.6 is 0 Å². The molecule has 0 saturated carbocycles. The second kappa shape index (κ2) is 5.14. The normalized spacial score (nSPS) is 10.7. The van der Waals surface area contributed by atoms with Crippen LogP contribution in [0.3, 0.4) is 0 Å². The molecule has 4 heteroatoms. The van der Waals surface area contributed by atoms with Gasteiger partial charge in [0.15, 0.2) is 0 Å². The predicted molar refractivity (Wildman–Crippen MR) is 72.9 cm³/mol. The van der Waals surface area contributed by atoms with Crippen LogP contribution in [0.4, 0.5) is 11.4 Å². The molecule has 2 N–H and O–H groups in total. The Bertz CT molecular complexity index is 606. The standard InChI is InChI=1S/C14H12N2O2/c15-13-7-3-1-5-11(13)9-10-12-6-2-4-8-14(12)16(17)18/h1-10H,15H2/b10-9-. The van der Waals surface area contributed by atoms with Crippen LogP contribution in [0.15, 0.2) is 48.5 Å². The Morgan fingerprint density at radius 1 is 0.944 bits per heavy atom. The van der Waals surface area contributed by atoms with E-state index >= 15 is 0 Å². The van der Waals surface area contributed by atoms with E-state index in [9.17, 15) is 10.1 Å². The average Bonchev–Trinajstić information content (AvgIpc) is 2.38. The van der Waals surface area contributed by atoms with E-state index in [4.69, 9.17) is 5.73 Å². The first-order valence-electron chi connectivity index (χ1n) is 5.44. The van der Waals surface area contributed by atoms with Gasteiger partial charge in [-0.15, -0.1) is 0 Å². The maximum absolute atomic E-state index is 10.8. The van der Waals surface area contributed by atoms with E-state index in [0.717, 1.165) is 5.56 Å². The van der Waals surface area contributed by atoms with Crippen molar-refractivity contribution in [3.05, 3.63) is 69.8 Å². The monoisotopic (exact) mass is 240 g/mol. The summed E-state index contributed by atoms with van der Waals surface area (Å²) in [6.45, 7) is 0. The minimum atomic E-state index is -0.395. The Hall–Kier alpha value is -2.62. The zero-order chi connectivity index (χ0) is 13.0. The summed E-state index contributed by atoms with van der Waals surface area (Å²) in [7, 11) is 0. The van der Waals surface area contributed by atoms with Gasteiger partial charge in [-0.1, -0.05) is 36.4 Å². The van der Waals surface area contributed by atoms with E-state index in [1.54, 1.807) is 36.4 Å². The van der Waals surface area contributed by atoms with Gasteiger partial charge in [0, 0.05) is 11.8 Å². The summed E-state index contributed by atoms with van der Waals surface area (Å²) < 4.78 is 0. The number of nitrogens with zero attached hydrogens (tertiary/aromatic N) is 1. The lowest BCUT2D eigenvalue weighted by molar-refractivity contribution is -0.385. The summed E-state index contributed by atoms with van der Waals surface area (Å²) in [5.74, 6) is 0. The Labute approximate surface area is 105 Å². The van der Waals surface area contributed by atoms with E-state index in [2.05, 4.69) is 0 Å². The maximum Gasteiger partial charge on any atom is 0.276 e. The van der Waals surface area contributed by atoms with Crippen molar-refractivity contribution < 1.29 is 4.92 Å². The van der Waals surface area contributed by atoms with Gasteiger partial charge >= 0.3 is 0 Å². The van der Waals surface area contributed by atoms with Crippen LogP contribution in [0.25, 0.3) is 12.2 Å². The molecule has 0 aliphatic heterocycles. The van der Waals surface area contributed by atoms with Gasteiger partial charge < -0.3 is 5.73 Å². The van der Waals surface area contributed by atoms with Gasteiger partial charge in [0.25, 0.3) is 5.69 Å². The van der Waals surface area contributed by atoms with Crippen LogP contribution in [0.1, 0.15) is 11.1 Å². The molecule has 0 heterocycles. The van der Waals surface area contributed by atoms with Crippen molar-refractivity contribution in [2.75, 3.05) is 5.73 Å². The Morgan fingerprint density at radius 3 is 2.17 bits per heavy atom. The summed E-state index contributed by atoms with van der Waals surface area (Å²) >= 11 is 0.